The SMILES string of the molecule is CCNC(=O)N(C)Cc1cn(-c2cccc(Br)c2)nn1. The fourth-order valence-corrected chi connectivity index (χ4v) is 2.10. The first-order valence-electron chi connectivity index (χ1n) is 6.26. The van der Waals surface area contributed by atoms with Gasteiger partial charge in [0, 0.05) is 18.1 Å². The summed E-state index contributed by atoms with van der Waals surface area (Å²) >= 11 is 3.42. The van der Waals surface area contributed by atoms with Crippen LogP contribution >= 0.6 is 15.9 Å². The summed E-state index contributed by atoms with van der Waals surface area (Å²) < 4.78 is 2.66. The number of benzene rings is 1. The van der Waals surface area contributed by atoms with E-state index in [2.05, 4.69) is 31.6 Å². The molecule has 0 saturated carbocycles. The van der Waals surface area contributed by atoms with Crippen LogP contribution in [0.4, 0.5) is 4.79 Å². The van der Waals surface area contributed by atoms with Crippen LogP contribution in [0.1, 0.15) is 12.6 Å². The van der Waals surface area contributed by atoms with Crippen molar-refractivity contribution >= 4 is 22.0 Å². The van der Waals surface area contributed by atoms with Crippen LogP contribution in [0.3, 0.4) is 0 Å². The number of aromatic nitrogens is 3. The van der Waals surface area contributed by atoms with Crippen molar-refractivity contribution < 1.29 is 4.79 Å². The Morgan fingerprint density at radius 1 is 1.50 bits per heavy atom. The Morgan fingerprint density at radius 2 is 2.30 bits per heavy atom. The average molecular weight is 338 g/mol. The summed E-state index contributed by atoms with van der Waals surface area (Å²) in [6.07, 6.45) is 1.82. The number of hydrogen-bond donors (Lipinski definition) is 1. The molecular weight excluding hydrogens is 322 g/mol. The van der Waals surface area contributed by atoms with Crippen LogP contribution in [0.15, 0.2) is 34.9 Å². The van der Waals surface area contributed by atoms with Gasteiger partial charge in [-0.05, 0) is 25.1 Å². The van der Waals surface area contributed by atoms with Crippen LogP contribution in [0.5, 0.6) is 0 Å². The highest BCUT2D eigenvalue weighted by atomic mass is 79.9. The number of rotatable bonds is 4. The first-order valence-corrected chi connectivity index (χ1v) is 7.05. The van der Waals surface area contributed by atoms with Crippen molar-refractivity contribution in [2.75, 3.05) is 13.6 Å². The number of amides is 2. The van der Waals surface area contributed by atoms with Gasteiger partial charge in [0.25, 0.3) is 0 Å². The van der Waals surface area contributed by atoms with Crippen molar-refractivity contribution in [2.24, 2.45) is 0 Å². The van der Waals surface area contributed by atoms with E-state index in [0.29, 0.717) is 13.1 Å². The Bertz CT molecular complexity index is 598. The number of carbonyl (C=O) groups is 1. The maximum absolute atomic E-state index is 11.6. The molecule has 1 N–H and O–H groups in total. The van der Waals surface area contributed by atoms with Crippen LogP contribution in [0.2, 0.25) is 0 Å². The second kappa shape index (κ2) is 6.51. The molecule has 2 aromatic rings. The Morgan fingerprint density at radius 3 is 3.00 bits per heavy atom. The monoisotopic (exact) mass is 337 g/mol. The molecule has 0 bridgehead atoms. The first-order chi connectivity index (χ1) is 9.60. The zero-order chi connectivity index (χ0) is 14.5. The van der Waals surface area contributed by atoms with Gasteiger partial charge >= 0.3 is 6.03 Å². The molecule has 20 heavy (non-hydrogen) atoms. The summed E-state index contributed by atoms with van der Waals surface area (Å²) in [5.41, 5.74) is 1.65. The molecule has 0 aliphatic heterocycles. The molecule has 1 aromatic carbocycles. The molecule has 0 saturated heterocycles. The van der Waals surface area contributed by atoms with Crippen molar-refractivity contribution in [3.8, 4) is 5.69 Å². The van der Waals surface area contributed by atoms with Crippen molar-refractivity contribution in [1.29, 1.82) is 0 Å². The van der Waals surface area contributed by atoms with E-state index in [-0.39, 0.29) is 6.03 Å². The molecule has 1 aromatic heterocycles. The number of hydrogen-bond acceptors (Lipinski definition) is 3. The van der Waals surface area contributed by atoms with Gasteiger partial charge in [0.1, 0.15) is 5.69 Å². The topological polar surface area (TPSA) is 63.1 Å². The van der Waals surface area contributed by atoms with E-state index in [1.54, 1.807) is 16.6 Å². The number of halogens is 1. The second-order valence-corrected chi connectivity index (χ2v) is 5.24. The molecule has 0 fully saturated rings. The smallest absolute Gasteiger partial charge is 0.317 e. The third kappa shape index (κ3) is 3.57. The summed E-state index contributed by atoms with van der Waals surface area (Å²) in [4.78, 5) is 13.2. The summed E-state index contributed by atoms with van der Waals surface area (Å²) in [7, 11) is 1.73. The molecule has 7 heteroatoms. The lowest BCUT2D eigenvalue weighted by atomic mass is 10.3. The fourth-order valence-electron chi connectivity index (χ4n) is 1.72. The van der Waals surface area contributed by atoms with Gasteiger partial charge in [-0.2, -0.15) is 0 Å². The maximum Gasteiger partial charge on any atom is 0.317 e. The molecule has 106 valence electrons. The fraction of sp³-hybridized carbons (Fsp3) is 0.308. The first kappa shape index (κ1) is 14.5. The van der Waals surface area contributed by atoms with Gasteiger partial charge in [-0.3, -0.25) is 0 Å². The number of nitrogens with one attached hydrogen (secondary N) is 1. The summed E-state index contributed by atoms with van der Waals surface area (Å²) in [6.45, 7) is 2.91. The molecule has 0 atom stereocenters. The van der Waals surface area contributed by atoms with Crippen molar-refractivity contribution in [3.05, 3.63) is 40.6 Å². The number of urea groups is 1. The van der Waals surface area contributed by atoms with E-state index < -0.39 is 0 Å². The van der Waals surface area contributed by atoms with Gasteiger partial charge < -0.3 is 10.2 Å². The lowest BCUT2D eigenvalue weighted by molar-refractivity contribution is 0.207. The minimum Gasteiger partial charge on any atom is -0.338 e. The van der Waals surface area contributed by atoms with Crippen LogP contribution in [0.25, 0.3) is 5.69 Å². The van der Waals surface area contributed by atoms with Gasteiger partial charge in [-0.25, -0.2) is 9.48 Å². The van der Waals surface area contributed by atoms with E-state index in [0.717, 1.165) is 15.9 Å². The van der Waals surface area contributed by atoms with E-state index >= 15 is 0 Å². The Kier molecular flexibility index (Phi) is 4.73. The van der Waals surface area contributed by atoms with Gasteiger partial charge in [-0.15, -0.1) is 5.10 Å². The lowest BCUT2D eigenvalue weighted by Crippen LogP contribution is -2.36. The Balaban J connectivity index is 2.08. The highest BCUT2D eigenvalue weighted by molar-refractivity contribution is 9.10. The Hall–Kier alpha value is -1.89. The van der Waals surface area contributed by atoms with Gasteiger partial charge in [0.15, 0.2) is 0 Å². The normalized spacial score (nSPS) is 10.3. The maximum atomic E-state index is 11.6. The molecule has 0 unspecified atom stereocenters. The molecule has 0 aliphatic rings. The molecule has 0 radical (unpaired) electrons. The molecule has 0 spiro atoms. The highest BCUT2D eigenvalue weighted by Gasteiger charge is 2.10. The lowest BCUT2D eigenvalue weighted by Gasteiger charge is -2.15. The predicted octanol–water partition coefficient (Wildman–Crippen LogP) is 2.19. The summed E-state index contributed by atoms with van der Waals surface area (Å²) in [5.74, 6) is 0. The van der Waals surface area contributed by atoms with Crippen LogP contribution in [0, 0.1) is 0 Å². The zero-order valence-electron chi connectivity index (χ0n) is 11.4. The molecule has 2 rings (SSSR count). The summed E-state index contributed by atoms with van der Waals surface area (Å²) in [5, 5.41) is 10.9. The third-order valence-electron chi connectivity index (χ3n) is 2.69. The standard InChI is InChI=1S/C13H16BrN5O/c1-3-15-13(20)18(2)8-11-9-19(17-16-11)12-6-4-5-10(14)7-12/h4-7,9H,3,8H2,1-2H3,(H,15,20). The predicted molar refractivity (Wildman–Crippen MR) is 79.6 cm³/mol. The van der Waals surface area contributed by atoms with Crippen LogP contribution in [-0.2, 0) is 6.54 Å². The van der Waals surface area contributed by atoms with Crippen molar-refractivity contribution in [1.82, 2.24) is 25.2 Å². The van der Waals surface area contributed by atoms with Crippen molar-refractivity contribution in [2.45, 2.75) is 13.5 Å². The number of carbonyl (C=O) groups excluding carboxylic acids is 1. The van der Waals surface area contributed by atoms with E-state index in [9.17, 15) is 4.79 Å². The van der Waals surface area contributed by atoms with Gasteiger partial charge in [0.2, 0.25) is 0 Å². The van der Waals surface area contributed by atoms with E-state index in [4.69, 9.17) is 0 Å². The van der Waals surface area contributed by atoms with Gasteiger partial charge in [-0.1, -0.05) is 27.2 Å². The minimum absolute atomic E-state index is 0.121. The van der Waals surface area contributed by atoms with Crippen molar-refractivity contribution in [3.63, 3.8) is 0 Å². The van der Waals surface area contributed by atoms with E-state index in [1.807, 2.05) is 37.4 Å². The average Bonchev–Trinajstić information content (AvgIpc) is 2.87. The molecule has 0 aliphatic carbocycles. The van der Waals surface area contributed by atoms with Crippen LogP contribution < -0.4 is 5.32 Å². The highest BCUT2D eigenvalue weighted by Crippen LogP contribution is 2.14. The van der Waals surface area contributed by atoms with Crippen LogP contribution in [-0.4, -0.2) is 39.5 Å². The third-order valence-corrected chi connectivity index (χ3v) is 3.18. The zero-order valence-corrected chi connectivity index (χ0v) is 13.0. The van der Waals surface area contributed by atoms with E-state index in [1.165, 1.54) is 0 Å². The minimum atomic E-state index is -0.121. The quantitative estimate of drug-likeness (QED) is 0.930. The molecule has 6 nitrogen and oxygen atoms in total. The largest absolute Gasteiger partial charge is 0.338 e. The molecule has 1 heterocycles. The Labute approximate surface area is 125 Å². The number of nitrogens with zero attached hydrogens (tertiary/aromatic N) is 4. The summed E-state index contributed by atoms with van der Waals surface area (Å²) in [6, 6.07) is 7.65. The second-order valence-electron chi connectivity index (χ2n) is 4.33. The van der Waals surface area contributed by atoms with Gasteiger partial charge in [0.05, 0.1) is 18.4 Å². The molecule has 2 amide bonds. The molecular formula is C13H16BrN5O.